The molecule has 0 aromatic heterocycles. The average Bonchev–Trinajstić information content (AvgIpc) is 2.52. The Morgan fingerprint density at radius 1 is 1.10 bits per heavy atom. The van der Waals surface area contributed by atoms with Crippen LogP contribution in [0.2, 0.25) is 0 Å². The lowest BCUT2D eigenvalue weighted by molar-refractivity contribution is -0.384. The number of benzene rings is 2. The second kappa shape index (κ2) is 7.55. The van der Waals surface area contributed by atoms with Gasteiger partial charge in [0.15, 0.2) is 0 Å². The van der Waals surface area contributed by atoms with E-state index in [9.17, 15) is 10.1 Å². The summed E-state index contributed by atoms with van der Waals surface area (Å²) in [5.41, 5.74) is 2.42. The van der Waals surface area contributed by atoms with Gasteiger partial charge in [0.2, 0.25) is 0 Å². The third-order valence-corrected chi connectivity index (χ3v) is 3.48. The van der Waals surface area contributed by atoms with E-state index in [1.807, 2.05) is 12.1 Å². The maximum absolute atomic E-state index is 10.7. The van der Waals surface area contributed by atoms with Crippen LogP contribution in [-0.2, 0) is 13.0 Å². The lowest BCUT2D eigenvalue weighted by atomic mass is 10.1. The summed E-state index contributed by atoms with van der Waals surface area (Å²) in [7, 11) is 0. The molecule has 21 heavy (non-hydrogen) atoms. The topological polar surface area (TPSA) is 55.2 Å². The highest BCUT2D eigenvalue weighted by atomic mass is 16.6. The SMILES string of the molecule is CC(CCc1ccccc1)NCc1cccc([N+](=O)[O-])c1. The van der Waals surface area contributed by atoms with Gasteiger partial charge in [0.25, 0.3) is 5.69 Å². The van der Waals surface area contributed by atoms with E-state index in [2.05, 4.69) is 36.5 Å². The summed E-state index contributed by atoms with van der Waals surface area (Å²) in [6, 6.07) is 17.5. The van der Waals surface area contributed by atoms with Crippen LogP contribution < -0.4 is 5.32 Å². The van der Waals surface area contributed by atoms with Crippen LogP contribution in [0.3, 0.4) is 0 Å². The molecule has 1 N–H and O–H groups in total. The smallest absolute Gasteiger partial charge is 0.269 e. The van der Waals surface area contributed by atoms with Crippen LogP contribution in [0.15, 0.2) is 54.6 Å². The Bertz CT molecular complexity index is 584. The molecule has 0 saturated carbocycles. The summed E-state index contributed by atoms with van der Waals surface area (Å²) in [5.74, 6) is 0. The van der Waals surface area contributed by atoms with Crippen molar-refractivity contribution in [2.75, 3.05) is 0 Å². The third-order valence-electron chi connectivity index (χ3n) is 3.48. The number of hydrogen-bond acceptors (Lipinski definition) is 3. The molecule has 1 unspecified atom stereocenters. The Morgan fingerprint density at radius 3 is 2.52 bits per heavy atom. The van der Waals surface area contributed by atoms with Crippen molar-refractivity contribution in [3.05, 3.63) is 75.8 Å². The highest BCUT2D eigenvalue weighted by Gasteiger charge is 2.07. The molecule has 0 amide bonds. The van der Waals surface area contributed by atoms with E-state index >= 15 is 0 Å². The van der Waals surface area contributed by atoms with Crippen molar-refractivity contribution in [3.63, 3.8) is 0 Å². The van der Waals surface area contributed by atoms with Crippen molar-refractivity contribution in [3.8, 4) is 0 Å². The largest absolute Gasteiger partial charge is 0.310 e. The summed E-state index contributed by atoms with van der Waals surface area (Å²) in [4.78, 5) is 10.4. The monoisotopic (exact) mass is 284 g/mol. The second-order valence-corrected chi connectivity index (χ2v) is 5.23. The van der Waals surface area contributed by atoms with E-state index in [4.69, 9.17) is 0 Å². The van der Waals surface area contributed by atoms with Gasteiger partial charge in [0.1, 0.15) is 0 Å². The second-order valence-electron chi connectivity index (χ2n) is 5.23. The van der Waals surface area contributed by atoms with Crippen molar-refractivity contribution < 1.29 is 4.92 Å². The molecule has 2 rings (SSSR count). The van der Waals surface area contributed by atoms with E-state index in [0.717, 1.165) is 18.4 Å². The van der Waals surface area contributed by atoms with E-state index < -0.39 is 0 Å². The number of hydrogen-bond donors (Lipinski definition) is 1. The lowest BCUT2D eigenvalue weighted by Crippen LogP contribution is -2.25. The Labute approximate surface area is 125 Å². The fourth-order valence-electron chi connectivity index (χ4n) is 2.20. The minimum absolute atomic E-state index is 0.145. The van der Waals surface area contributed by atoms with Crippen LogP contribution in [0.4, 0.5) is 5.69 Å². The van der Waals surface area contributed by atoms with Gasteiger partial charge in [-0.15, -0.1) is 0 Å². The van der Waals surface area contributed by atoms with E-state index in [1.54, 1.807) is 12.1 Å². The van der Waals surface area contributed by atoms with Gasteiger partial charge in [0, 0.05) is 24.7 Å². The molecule has 0 aliphatic carbocycles. The van der Waals surface area contributed by atoms with Crippen molar-refractivity contribution in [1.82, 2.24) is 5.32 Å². The zero-order valence-electron chi connectivity index (χ0n) is 12.2. The standard InChI is InChI=1S/C17H20N2O2/c1-14(10-11-15-6-3-2-4-7-15)18-13-16-8-5-9-17(12-16)19(20)21/h2-9,12,14,18H,10-11,13H2,1H3. The van der Waals surface area contributed by atoms with Crippen molar-refractivity contribution >= 4 is 5.69 Å². The van der Waals surface area contributed by atoms with Gasteiger partial charge < -0.3 is 5.32 Å². The van der Waals surface area contributed by atoms with Crippen molar-refractivity contribution in [1.29, 1.82) is 0 Å². The Hall–Kier alpha value is -2.20. The molecule has 0 fully saturated rings. The molecule has 0 spiro atoms. The Balaban J connectivity index is 1.80. The number of nitrogens with one attached hydrogen (secondary N) is 1. The fourth-order valence-corrected chi connectivity index (χ4v) is 2.20. The number of nitro groups is 1. The van der Waals surface area contributed by atoms with Gasteiger partial charge >= 0.3 is 0 Å². The summed E-state index contributed by atoms with van der Waals surface area (Å²) >= 11 is 0. The molecule has 0 heterocycles. The molecule has 0 aliphatic rings. The third kappa shape index (κ3) is 5.00. The van der Waals surface area contributed by atoms with Crippen LogP contribution in [-0.4, -0.2) is 11.0 Å². The average molecular weight is 284 g/mol. The number of nitrogens with zero attached hydrogens (tertiary/aromatic N) is 1. The van der Waals surface area contributed by atoms with E-state index in [0.29, 0.717) is 12.6 Å². The minimum Gasteiger partial charge on any atom is -0.310 e. The summed E-state index contributed by atoms with van der Waals surface area (Å²) < 4.78 is 0. The maximum atomic E-state index is 10.7. The van der Waals surface area contributed by atoms with Crippen molar-refractivity contribution in [2.45, 2.75) is 32.4 Å². The zero-order valence-corrected chi connectivity index (χ0v) is 12.2. The number of aryl methyl sites for hydroxylation is 1. The number of non-ortho nitro benzene ring substituents is 1. The fraction of sp³-hybridized carbons (Fsp3) is 0.294. The van der Waals surface area contributed by atoms with Crippen LogP contribution in [0.5, 0.6) is 0 Å². The Kier molecular flexibility index (Phi) is 5.46. The van der Waals surface area contributed by atoms with Gasteiger partial charge in [-0.25, -0.2) is 0 Å². The molecular formula is C17H20N2O2. The van der Waals surface area contributed by atoms with E-state index in [-0.39, 0.29) is 10.6 Å². The molecule has 0 aliphatic heterocycles. The van der Waals surface area contributed by atoms with Crippen LogP contribution in [0.1, 0.15) is 24.5 Å². The Morgan fingerprint density at radius 2 is 1.81 bits per heavy atom. The van der Waals surface area contributed by atoms with E-state index in [1.165, 1.54) is 11.6 Å². The predicted molar refractivity (Wildman–Crippen MR) is 84.2 cm³/mol. The summed E-state index contributed by atoms with van der Waals surface area (Å²) in [6.07, 6.45) is 2.07. The van der Waals surface area contributed by atoms with Crippen molar-refractivity contribution in [2.24, 2.45) is 0 Å². The van der Waals surface area contributed by atoms with Gasteiger partial charge in [-0.05, 0) is 30.9 Å². The van der Waals surface area contributed by atoms with Gasteiger partial charge in [-0.1, -0.05) is 42.5 Å². The molecule has 0 saturated heterocycles. The normalized spacial score (nSPS) is 12.0. The van der Waals surface area contributed by atoms with Crippen LogP contribution >= 0.6 is 0 Å². The predicted octanol–water partition coefficient (Wildman–Crippen LogP) is 3.71. The molecule has 0 radical (unpaired) electrons. The minimum atomic E-state index is -0.359. The molecule has 110 valence electrons. The van der Waals surface area contributed by atoms with Gasteiger partial charge in [-0.3, -0.25) is 10.1 Å². The molecular weight excluding hydrogens is 264 g/mol. The lowest BCUT2D eigenvalue weighted by Gasteiger charge is -2.13. The number of rotatable bonds is 7. The highest BCUT2D eigenvalue weighted by Crippen LogP contribution is 2.13. The summed E-state index contributed by atoms with van der Waals surface area (Å²) in [5, 5.41) is 14.1. The van der Waals surface area contributed by atoms with Gasteiger partial charge in [-0.2, -0.15) is 0 Å². The first kappa shape index (κ1) is 15.2. The summed E-state index contributed by atoms with van der Waals surface area (Å²) in [6.45, 7) is 2.79. The molecule has 2 aromatic carbocycles. The molecule has 1 atom stereocenters. The first-order chi connectivity index (χ1) is 10.1. The maximum Gasteiger partial charge on any atom is 0.269 e. The first-order valence-corrected chi connectivity index (χ1v) is 7.16. The van der Waals surface area contributed by atoms with Gasteiger partial charge in [0.05, 0.1) is 4.92 Å². The highest BCUT2D eigenvalue weighted by molar-refractivity contribution is 5.34. The molecule has 4 nitrogen and oxygen atoms in total. The zero-order chi connectivity index (χ0) is 15.1. The van der Waals surface area contributed by atoms with Crippen LogP contribution in [0, 0.1) is 10.1 Å². The van der Waals surface area contributed by atoms with Crippen LogP contribution in [0.25, 0.3) is 0 Å². The molecule has 0 bridgehead atoms. The quantitative estimate of drug-likeness (QED) is 0.623. The molecule has 2 aromatic rings. The molecule has 4 heteroatoms. The first-order valence-electron chi connectivity index (χ1n) is 7.16. The number of nitro benzene ring substituents is 1.